The zero-order valence-electron chi connectivity index (χ0n) is 62.2. The Morgan fingerprint density at radius 1 is 0.380 bits per heavy atom. The first-order valence-electron chi connectivity index (χ1n) is 32.3. The molecule has 0 unspecified atom stereocenters. The summed E-state index contributed by atoms with van der Waals surface area (Å²) in [6.45, 7) is 62.9. The SMILES string of the molecule is CC1=CC(C)=C(C)[Si]1(C)C.Cc1cc(C)c(C)[se]1.Cc1cc(C)c(C)o1.Cc1cc(C)c(C)s1.Cc1cc(C)n(C)c1C.Cc1cc2cc(C)c(C)cc2[se]1.Cc1cc2cc(C)c(C)cc2o1.Cc1cc2cc(C)c(C)cc2s1.Cc1cc2cc(C)n(C)c2cc1C. The average Bonchev–Trinajstić information content (AvgIpc) is 1.69. The fourth-order valence-corrected chi connectivity index (χ4v) is 19.0. The molecule has 0 saturated carbocycles. The summed E-state index contributed by atoms with van der Waals surface area (Å²) in [5, 5.41) is 8.68. The Hall–Kier alpha value is -5.86. The van der Waals surface area contributed by atoms with E-state index in [0.29, 0.717) is 29.0 Å². The van der Waals surface area contributed by atoms with Crippen LogP contribution in [-0.4, -0.2) is 46.2 Å². The summed E-state index contributed by atoms with van der Waals surface area (Å²) in [5.41, 5.74) is 24.4. The topological polar surface area (TPSA) is 36.1 Å². The third-order valence-electron chi connectivity index (χ3n) is 18.5. The molecular weight excluding hydrogens is 1310 g/mol. The van der Waals surface area contributed by atoms with Gasteiger partial charge in [0.1, 0.15) is 30.9 Å². The first kappa shape index (κ1) is 76.8. The molecule has 0 bridgehead atoms. The molecule has 8 aromatic heterocycles. The molecule has 92 heavy (non-hydrogen) atoms. The van der Waals surface area contributed by atoms with Gasteiger partial charge in [0.05, 0.1) is 0 Å². The fraction of sp³-hybridized carbons (Fsp3) is 0.373. The van der Waals surface area contributed by atoms with Crippen molar-refractivity contribution in [1.29, 1.82) is 0 Å². The molecule has 4 aromatic carbocycles. The van der Waals surface area contributed by atoms with Crippen molar-refractivity contribution >= 4 is 101 Å². The zero-order chi connectivity index (χ0) is 69.1. The van der Waals surface area contributed by atoms with E-state index in [-0.39, 0.29) is 0 Å². The van der Waals surface area contributed by atoms with Gasteiger partial charge in [0.15, 0.2) is 0 Å². The second kappa shape index (κ2) is 33.5. The van der Waals surface area contributed by atoms with E-state index in [0.717, 1.165) is 22.9 Å². The van der Waals surface area contributed by atoms with E-state index in [1.54, 1.807) is 28.0 Å². The van der Waals surface area contributed by atoms with Gasteiger partial charge in [-0.1, -0.05) is 41.2 Å². The Bertz CT molecular complexity index is 4040. The number of benzene rings is 4. The zero-order valence-corrected chi connectivity index (χ0v) is 68.2. The van der Waals surface area contributed by atoms with Crippen LogP contribution in [-0.2, 0) is 14.1 Å². The van der Waals surface area contributed by atoms with E-state index in [1.807, 2.05) is 56.4 Å². The van der Waals surface area contributed by atoms with Crippen LogP contribution in [0.25, 0.3) is 41.6 Å². The predicted octanol–water partition coefficient (Wildman–Crippen LogP) is 24.7. The maximum Gasteiger partial charge on any atom is 0.134 e. The molecule has 0 fully saturated rings. The summed E-state index contributed by atoms with van der Waals surface area (Å²) < 4.78 is 22.8. The monoisotopic (exact) mass is 1420 g/mol. The summed E-state index contributed by atoms with van der Waals surface area (Å²) in [6.07, 6.45) is 2.35. The molecule has 0 atom stereocenters. The number of aryl methyl sites for hydroxylation is 24. The molecule has 1 aliphatic rings. The van der Waals surface area contributed by atoms with Crippen molar-refractivity contribution in [3.8, 4) is 0 Å². The van der Waals surface area contributed by atoms with E-state index in [2.05, 4.69) is 293 Å². The van der Waals surface area contributed by atoms with Crippen LogP contribution < -0.4 is 0 Å². The molecule has 492 valence electrons. The second-order valence-corrected chi connectivity index (χ2v) is 39.8. The maximum absolute atomic E-state index is 5.50. The van der Waals surface area contributed by atoms with Gasteiger partial charge in [0.2, 0.25) is 0 Å². The van der Waals surface area contributed by atoms with Crippen LogP contribution in [0.4, 0.5) is 0 Å². The minimum absolute atomic E-state index is 0.605. The minimum atomic E-state index is -1.07. The Kier molecular flexibility index (Phi) is 28.0. The molecule has 0 saturated heterocycles. The van der Waals surface area contributed by atoms with E-state index >= 15 is 0 Å². The molecule has 9 heterocycles. The number of hydrogen-bond donors (Lipinski definition) is 0. The molecule has 0 aliphatic carbocycles. The molecule has 4 nitrogen and oxygen atoms in total. The van der Waals surface area contributed by atoms with Crippen LogP contribution in [0.2, 0.25) is 13.1 Å². The Morgan fingerprint density at radius 3 is 1.30 bits per heavy atom. The van der Waals surface area contributed by atoms with Crippen molar-refractivity contribution in [2.75, 3.05) is 0 Å². The van der Waals surface area contributed by atoms with E-state index < -0.39 is 8.07 Å². The predicted molar refractivity (Wildman–Crippen MR) is 417 cm³/mol. The van der Waals surface area contributed by atoms with Crippen LogP contribution in [0.15, 0.2) is 128 Å². The molecular formula is C83H110N2O2S2Se2Si. The van der Waals surface area contributed by atoms with E-state index in [1.165, 1.54) is 136 Å². The number of furan rings is 2. The van der Waals surface area contributed by atoms with Crippen LogP contribution in [0, 0.1) is 166 Å². The number of rotatable bonds is 0. The first-order chi connectivity index (χ1) is 42.8. The van der Waals surface area contributed by atoms with Crippen LogP contribution in [0.1, 0.15) is 150 Å². The number of hydrogen-bond acceptors (Lipinski definition) is 4. The summed E-state index contributed by atoms with van der Waals surface area (Å²) in [4.78, 5) is 4.26. The van der Waals surface area contributed by atoms with Gasteiger partial charge >= 0.3 is 134 Å². The number of fused-ring (bicyclic) bond motifs is 4. The summed E-state index contributed by atoms with van der Waals surface area (Å²) in [5.74, 6) is 3.01. The van der Waals surface area contributed by atoms with Crippen molar-refractivity contribution in [3.05, 3.63) is 248 Å². The summed E-state index contributed by atoms with van der Waals surface area (Å²) in [7, 11) is 3.14. The minimum Gasteiger partial charge on any atom is -0.461 e. The Morgan fingerprint density at radius 2 is 0.891 bits per heavy atom. The van der Waals surface area contributed by atoms with E-state index in [9.17, 15) is 0 Å². The number of nitrogens with zero attached hydrogens (tertiary/aromatic N) is 2. The van der Waals surface area contributed by atoms with Gasteiger partial charge in [-0.15, -0.1) is 22.7 Å². The van der Waals surface area contributed by atoms with Gasteiger partial charge in [-0.3, -0.25) is 0 Å². The van der Waals surface area contributed by atoms with Gasteiger partial charge in [-0.2, -0.15) is 0 Å². The first-order valence-corrected chi connectivity index (χ1v) is 40.4. The maximum atomic E-state index is 5.50. The normalized spacial score (nSPS) is 12.0. The van der Waals surface area contributed by atoms with Crippen molar-refractivity contribution < 1.29 is 8.83 Å². The molecule has 12 aromatic rings. The molecule has 1 aliphatic heterocycles. The van der Waals surface area contributed by atoms with Crippen molar-refractivity contribution in [2.24, 2.45) is 14.1 Å². The van der Waals surface area contributed by atoms with Crippen molar-refractivity contribution in [1.82, 2.24) is 9.13 Å². The van der Waals surface area contributed by atoms with E-state index in [4.69, 9.17) is 8.83 Å². The smallest absolute Gasteiger partial charge is 0.134 e. The van der Waals surface area contributed by atoms with Gasteiger partial charge in [-0.25, -0.2) is 0 Å². The Labute approximate surface area is 577 Å². The molecule has 0 N–H and O–H groups in total. The van der Waals surface area contributed by atoms with Gasteiger partial charge in [0.25, 0.3) is 0 Å². The van der Waals surface area contributed by atoms with Crippen molar-refractivity contribution in [2.45, 2.75) is 200 Å². The number of aromatic nitrogens is 2. The number of thiophene rings is 2. The van der Waals surface area contributed by atoms with Crippen LogP contribution in [0.3, 0.4) is 0 Å². The van der Waals surface area contributed by atoms with Crippen LogP contribution in [0.5, 0.6) is 0 Å². The molecule has 0 spiro atoms. The molecule has 0 radical (unpaired) electrons. The van der Waals surface area contributed by atoms with Gasteiger partial charge in [-0.05, 0) is 268 Å². The average molecular weight is 1420 g/mol. The quantitative estimate of drug-likeness (QED) is 0.142. The second-order valence-electron chi connectivity index (χ2n) is 26.5. The third-order valence-corrected chi connectivity index (χ3v) is 29.3. The van der Waals surface area contributed by atoms with Gasteiger partial charge < -0.3 is 18.0 Å². The molecule has 9 heteroatoms. The molecule has 13 rings (SSSR count). The number of allylic oxidation sites excluding steroid dienone is 4. The fourth-order valence-electron chi connectivity index (χ4n) is 10.8. The van der Waals surface area contributed by atoms with Gasteiger partial charge in [0, 0.05) is 66.8 Å². The third kappa shape index (κ3) is 21.1. The largest absolute Gasteiger partial charge is 0.461 e. The van der Waals surface area contributed by atoms with Crippen LogP contribution >= 0.6 is 22.7 Å². The summed E-state index contributed by atoms with van der Waals surface area (Å²) >= 11 is 5.05. The Balaban J connectivity index is 0.000000189. The summed E-state index contributed by atoms with van der Waals surface area (Å²) in [6, 6.07) is 35.6. The standard InChI is InChI=1S/C12H15N.C11H12O.C11H12S.C11H12Se.C9H16Si.C8H13N.C7H10O.C7H10S.C7H10Se/c1-8-5-11-7-10(3)13(4)12(11)6-9(8)2;3*1-7-4-10-6-9(3)12-11(10)5-8(7)2;1-7-6-8(2)10(4,5)9(7)3;1-6-5-7(2)9(4)8(6)3;3*1-5-4-6(2)8-7(5)3/h5-7H,1-4H3;3*4-6H,1-3H3;6H,1-5H3;5H,1-4H3;3*4H,1-3H3. The van der Waals surface area contributed by atoms with Crippen molar-refractivity contribution in [3.63, 3.8) is 0 Å². The molecule has 0 amide bonds.